The summed E-state index contributed by atoms with van der Waals surface area (Å²) in [5, 5.41) is 31.6. The molecule has 0 saturated carbocycles. The number of phenolic OH excluding ortho intramolecular Hbond substituents is 2. The van der Waals surface area contributed by atoms with Gasteiger partial charge in [0.1, 0.15) is 16.4 Å². The molecule has 0 radical (unpaired) electrons. The van der Waals surface area contributed by atoms with Gasteiger partial charge in [-0.25, -0.2) is 8.42 Å². The van der Waals surface area contributed by atoms with Crippen LogP contribution in [0.4, 0.5) is 5.69 Å². The Hall–Kier alpha value is -2.65. The summed E-state index contributed by atoms with van der Waals surface area (Å²) in [5.41, 5.74) is 0.153. The van der Waals surface area contributed by atoms with E-state index in [0.717, 1.165) is 62.8 Å². The van der Waals surface area contributed by atoms with Crippen molar-refractivity contribution in [3.63, 3.8) is 0 Å². The third-order valence-electron chi connectivity index (χ3n) is 7.16. The van der Waals surface area contributed by atoms with Crippen LogP contribution in [0.2, 0.25) is 0 Å². The molecule has 1 heterocycles. The Bertz CT molecular complexity index is 1110. The van der Waals surface area contributed by atoms with Crippen LogP contribution in [0.3, 0.4) is 0 Å². The Morgan fingerprint density at radius 1 is 0.800 bits per heavy atom. The summed E-state index contributed by atoms with van der Waals surface area (Å²) in [5.74, 6) is -0.618. The van der Waals surface area contributed by atoms with Crippen molar-refractivity contribution in [2.45, 2.75) is 119 Å². The molecule has 2 aromatic rings. The van der Waals surface area contributed by atoms with Crippen molar-refractivity contribution in [3.05, 3.63) is 52.1 Å². The van der Waals surface area contributed by atoms with Crippen LogP contribution in [0.1, 0.15) is 109 Å². The molecule has 0 spiro atoms. The minimum atomic E-state index is -4.15. The zero-order valence-corrected chi connectivity index (χ0v) is 24.8. The van der Waals surface area contributed by atoms with Gasteiger partial charge < -0.3 is 14.9 Å². The number of rotatable bonds is 17. The predicted molar refractivity (Wildman–Crippen MR) is 158 cm³/mol. The molecule has 8 nitrogen and oxygen atoms in total. The van der Waals surface area contributed by atoms with Crippen molar-refractivity contribution in [1.29, 1.82) is 0 Å². The smallest absolute Gasteiger partial charge is 0.269 e. The lowest BCUT2D eigenvalue weighted by Gasteiger charge is -2.12. The van der Waals surface area contributed by atoms with Gasteiger partial charge in [-0.05, 0) is 49.4 Å². The molecule has 9 heteroatoms. The van der Waals surface area contributed by atoms with Crippen LogP contribution in [0, 0.1) is 10.1 Å². The number of nitro benzene ring substituents is 1. The predicted octanol–water partition coefficient (Wildman–Crippen LogP) is 8.27. The third kappa shape index (κ3) is 11.8. The molecule has 0 amide bonds. The quantitative estimate of drug-likeness (QED) is 0.0838. The summed E-state index contributed by atoms with van der Waals surface area (Å²) in [4.78, 5) is 9.63. The number of benzene rings is 2. The van der Waals surface area contributed by atoms with Crippen molar-refractivity contribution in [2.24, 2.45) is 0 Å². The second kappa shape index (κ2) is 18.7. The number of ether oxygens (including phenoxy) is 1. The Kier molecular flexibility index (Phi) is 15.6. The first-order valence-corrected chi connectivity index (χ1v) is 16.4. The zero-order chi connectivity index (χ0) is 29.2. The van der Waals surface area contributed by atoms with E-state index in [2.05, 4.69) is 6.92 Å². The molecule has 0 unspecified atom stereocenters. The van der Waals surface area contributed by atoms with Crippen molar-refractivity contribution < 1.29 is 28.3 Å². The van der Waals surface area contributed by atoms with E-state index in [4.69, 9.17) is 4.74 Å². The minimum absolute atomic E-state index is 0.184. The van der Waals surface area contributed by atoms with Crippen molar-refractivity contribution >= 4 is 15.5 Å². The first-order chi connectivity index (χ1) is 19.3. The molecule has 1 aliphatic heterocycles. The van der Waals surface area contributed by atoms with Crippen LogP contribution in [-0.2, 0) is 21.0 Å². The summed E-state index contributed by atoms with van der Waals surface area (Å²) in [6.07, 6.45) is 18.8. The number of sulfone groups is 1. The van der Waals surface area contributed by atoms with Gasteiger partial charge in [-0.1, -0.05) is 84.0 Å². The van der Waals surface area contributed by atoms with E-state index in [0.29, 0.717) is 12.0 Å². The monoisotopic (exact) mass is 577 g/mol. The molecule has 3 rings (SSSR count). The van der Waals surface area contributed by atoms with Gasteiger partial charge in [0.25, 0.3) is 5.69 Å². The highest BCUT2D eigenvalue weighted by Crippen LogP contribution is 2.36. The van der Waals surface area contributed by atoms with Gasteiger partial charge in [-0.15, -0.1) is 0 Å². The average molecular weight is 578 g/mol. The Morgan fingerprint density at radius 2 is 1.30 bits per heavy atom. The molecular weight excluding hydrogens is 530 g/mol. The molecule has 224 valence electrons. The molecule has 1 fully saturated rings. The molecule has 0 aromatic heterocycles. The van der Waals surface area contributed by atoms with E-state index in [-0.39, 0.29) is 22.1 Å². The fourth-order valence-corrected chi connectivity index (χ4v) is 6.17. The number of nitro groups is 1. The molecule has 1 saturated heterocycles. The average Bonchev–Trinajstić information content (AvgIpc) is 3.53. The first kappa shape index (κ1) is 33.6. The van der Waals surface area contributed by atoms with E-state index in [1.807, 2.05) is 0 Å². The normalized spacial score (nSPS) is 13.1. The van der Waals surface area contributed by atoms with Gasteiger partial charge >= 0.3 is 0 Å². The number of hydrogen-bond donors (Lipinski definition) is 2. The SMILES string of the molecule is C1CCOC1.CCCCCCCCCCCCCCCc1cc(O)cc(S(=O)(=O)c2ccc([N+](=O)[O-])cc2)c1O. The molecule has 2 N–H and O–H groups in total. The van der Waals surface area contributed by atoms with E-state index in [1.165, 1.54) is 83.1 Å². The van der Waals surface area contributed by atoms with Crippen molar-refractivity contribution in [2.75, 3.05) is 13.2 Å². The van der Waals surface area contributed by atoms with Gasteiger partial charge in [0.05, 0.1) is 9.82 Å². The standard InChI is InChI=1S/C27H39NO6S.C4H8O/c1-2-3-4-5-6-7-8-9-10-11-12-13-14-15-22-20-24(29)21-26(27(22)30)35(33,34)25-18-16-23(17-19-25)28(31)32;1-2-4-5-3-1/h16-21,29-30H,2-15H2,1H3;1-4H2. The summed E-state index contributed by atoms with van der Waals surface area (Å²) >= 11 is 0. The highest BCUT2D eigenvalue weighted by Gasteiger charge is 2.25. The lowest BCUT2D eigenvalue weighted by Crippen LogP contribution is -2.04. The number of unbranched alkanes of at least 4 members (excludes halogenated alkanes) is 12. The number of aromatic hydroxyl groups is 2. The second-order valence-electron chi connectivity index (χ2n) is 10.5. The van der Waals surface area contributed by atoms with E-state index in [9.17, 15) is 28.7 Å². The van der Waals surface area contributed by atoms with Gasteiger partial charge in [0.2, 0.25) is 9.84 Å². The number of phenols is 2. The van der Waals surface area contributed by atoms with Crippen molar-refractivity contribution in [3.8, 4) is 11.5 Å². The molecule has 0 bridgehead atoms. The highest BCUT2D eigenvalue weighted by atomic mass is 32.2. The number of aryl methyl sites for hydroxylation is 1. The van der Waals surface area contributed by atoms with Gasteiger partial charge in [-0.3, -0.25) is 10.1 Å². The van der Waals surface area contributed by atoms with Crippen LogP contribution in [-0.4, -0.2) is 36.8 Å². The Labute approximate surface area is 239 Å². The Morgan fingerprint density at radius 3 is 1.75 bits per heavy atom. The second-order valence-corrected chi connectivity index (χ2v) is 12.4. The maximum Gasteiger partial charge on any atom is 0.269 e. The Balaban J connectivity index is 0.00000100. The number of non-ortho nitro benzene ring substituents is 1. The lowest BCUT2D eigenvalue weighted by atomic mass is 10.0. The third-order valence-corrected chi connectivity index (χ3v) is 8.95. The van der Waals surface area contributed by atoms with Crippen LogP contribution in [0.15, 0.2) is 46.2 Å². The maximum atomic E-state index is 13.0. The molecule has 0 atom stereocenters. The van der Waals surface area contributed by atoms with Crippen LogP contribution in [0.25, 0.3) is 0 Å². The lowest BCUT2D eigenvalue weighted by molar-refractivity contribution is -0.384. The molecular formula is C31H47NO7S. The van der Waals surface area contributed by atoms with E-state index >= 15 is 0 Å². The molecule has 0 aliphatic carbocycles. The first-order valence-electron chi connectivity index (χ1n) is 14.9. The van der Waals surface area contributed by atoms with Crippen LogP contribution < -0.4 is 0 Å². The molecule has 1 aliphatic rings. The molecule has 2 aromatic carbocycles. The summed E-state index contributed by atoms with van der Waals surface area (Å²) in [6.45, 7) is 4.23. The van der Waals surface area contributed by atoms with Crippen LogP contribution >= 0.6 is 0 Å². The molecule has 40 heavy (non-hydrogen) atoms. The van der Waals surface area contributed by atoms with E-state index < -0.39 is 19.7 Å². The summed E-state index contributed by atoms with van der Waals surface area (Å²) in [7, 11) is -4.15. The number of nitrogens with zero attached hydrogens (tertiary/aromatic N) is 1. The largest absolute Gasteiger partial charge is 0.508 e. The van der Waals surface area contributed by atoms with Crippen LogP contribution in [0.5, 0.6) is 11.5 Å². The van der Waals surface area contributed by atoms with Gasteiger partial charge in [0.15, 0.2) is 0 Å². The van der Waals surface area contributed by atoms with Gasteiger partial charge in [0, 0.05) is 31.4 Å². The number of hydrogen-bond acceptors (Lipinski definition) is 7. The summed E-state index contributed by atoms with van der Waals surface area (Å²) < 4.78 is 30.9. The fourth-order valence-electron chi connectivity index (χ4n) is 4.76. The highest BCUT2D eigenvalue weighted by molar-refractivity contribution is 7.91. The van der Waals surface area contributed by atoms with E-state index in [1.54, 1.807) is 0 Å². The maximum absolute atomic E-state index is 13.0. The summed E-state index contributed by atoms with van der Waals surface area (Å²) in [6, 6.07) is 6.86. The van der Waals surface area contributed by atoms with Crippen molar-refractivity contribution in [1.82, 2.24) is 0 Å². The van der Waals surface area contributed by atoms with Gasteiger partial charge in [-0.2, -0.15) is 0 Å². The topological polar surface area (TPSA) is 127 Å². The fraction of sp³-hybridized carbons (Fsp3) is 0.613. The zero-order valence-electron chi connectivity index (χ0n) is 24.0. The minimum Gasteiger partial charge on any atom is -0.508 e.